The monoisotopic (exact) mass is 345 g/mol. The van der Waals surface area contributed by atoms with Gasteiger partial charge in [0.2, 0.25) is 0 Å². The molecule has 2 bridgehead atoms. The fourth-order valence-corrected chi connectivity index (χ4v) is 5.56. The zero-order valence-electron chi connectivity index (χ0n) is 16.2. The molecule has 0 heterocycles. The van der Waals surface area contributed by atoms with E-state index in [1.165, 1.54) is 19.3 Å². The van der Waals surface area contributed by atoms with E-state index < -0.39 is 6.10 Å². The number of benzene rings is 1. The van der Waals surface area contributed by atoms with Crippen LogP contribution < -0.4 is 5.32 Å². The molecule has 2 aliphatic carbocycles. The average molecular weight is 346 g/mol. The average Bonchev–Trinajstić information content (AvgIpc) is 2.94. The summed E-state index contributed by atoms with van der Waals surface area (Å²) in [5.41, 5.74) is 1.56. The highest BCUT2D eigenvalue weighted by molar-refractivity contribution is 5.18. The van der Waals surface area contributed by atoms with Crippen LogP contribution in [0.1, 0.15) is 65.0 Å². The van der Waals surface area contributed by atoms with E-state index >= 15 is 0 Å². The van der Waals surface area contributed by atoms with Crippen LogP contribution in [0.15, 0.2) is 30.3 Å². The summed E-state index contributed by atoms with van der Waals surface area (Å²) in [5, 5.41) is 24.7. The van der Waals surface area contributed by atoms with Gasteiger partial charge >= 0.3 is 0 Å². The Morgan fingerprint density at radius 2 is 1.84 bits per heavy atom. The molecule has 3 nitrogen and oxygen atoms in total. The van der Waals surface area contributed by atoms with Crippen LogP contribution in [-0.2, 0) is 0 Å². The van der Waals surface area contributed by atoms with Gasteiger partial charge in [-0.15, -0.1) is 0 Å². The van der Waals surface area contributed by atoms with Crippen LogP contribution in [0.25, 0.3) is 0 Å². The second kappa shape index (κ2) is 7.02. The van der Waals surface area contributed by atoms with Crippen molar-refractivity contribution < 1.29 is 10.2 Å². The number of aliphatic hydroxyl groups is 2. The van der Waals surface area contributed by atoms with Gasteiger partial charge in [-0.2, -0.15) is 0 Å². The molecule has 3 rings (SSSR count). The predicted octanol–water partition coefficient (Wildman–Crippen LogP) is 3.91. The van der Waals surface area contributed by atoms with Crippen molar-refractivity contribution >= 4 is 0 Å². The molecule has 2 saturated carbocycles. The maximum absolute atomic E-state index is 10.8. The highest BCUT2D eigenvalue weighted by Crippen LogP contribution is 2.68. The zero-order chi connectivity index (χ0) is 18.2. The van der Waals surface area contributed by atoms with Gasteiger partial charge in [0.1, 0.15) is 0 Å². The summed E-state index contributed by atoms with van der Waals surface area (Å²) >= 11 is 0. The van der Waals surface area contributed by atoms with E-state index in [-0.39, 0.29) is 17.6 Å². The normalized spacial score (nSPS) is 34.0. The highest BCUT2D eigenvalue weighted by atomic mass is 16.3. The Kier molecular flexibility index (Phi) is 5.30. The number of nitrogens with one attached hydrogen (secondary N) is 1. The number of fused-ring (bicyclic) bond motifs is 2. The van der Waals surface area contributed by atoms with Crippen molar-refractivity contribution in [2.75, 3.05) is 6.54 Å². The van der Waals surface area contributed by atoms with Crippen molar-refractivity contribution in [1.29, 1.82) is 0 Å². The largest absolute Gasteiger partial charge is 0.393 e. The van der Waals surface area contributed by atoms with Crippen molar-refractivity contribution in [2.45, 2.75) is 71.6 Å². The Morgan fingerprint density at radius 3 is 2.40 bits per heavy atom. The Balaban J connectivity index is 1.50. The van der Waals surface area contributed by atoms with Crippen LogP contribution in [0.5, 0.6) is 0 Å². The fourth-order valence-electron chi connectivity index (χ4n) is 5.56. The van der Waals surface area contributed by atoms with E-state index in [9.17, 15) is 10.2 Å². The van der Waals surface area contributed by atoms with Crippen LogP contribution in [-0.4, -0.2) is 28.9 Å². The quantitative estimate of drug-likeness (QED) is 0.702. The third-order valence-electron chi connectivity index (χ3n) is 7.85. The van der Waals surface area contributed by atoms with Gasteiger partial charge in [0.25, 0.3) is 0 Å². The number of hydrogen-bond donors (Lipinski definition) is 3. The summed E-state index contributed by atoms with van der Waals surface area (Å²) in [6, 6.07) is 9.74. The summed E-state index contributed by atoms with van der Waals surface area (Å²) < 4.78 is 0. The molecule has 6 unspecified atom stereocenters. The number of aliphatic hydroxyl groups excluding tert-OH is 2. The summed E-state index contributed by atoms with van der Waals surface area (Å²) in [6.45, 7) is 9.93. The smallest absolute Gasteiger partial charge is 0.0940 e. The van der Waals surface area contributed by atoms with Gasteiger partial charge in [0, 0.05) is 6.04 Å². The SMILES string of the molecule is CC(NCCC(O)C1CC2CCC1(C)C2(C)C)C(O)c1ccccc1. The van der Waals surface area contributed by atoms with Gasteiger partial charge in [-0.05, 0) is 67.4 Å². The van der Waals surface area contributed by atoms with Crippen molar-refractivity contribution in [3.05, 3.63) is 35.9 Å². The molecule has 6 atom stereocenters. The van der Waals surface area contributed by atoms with Gasteiger partial charge in [-0.1, -0.05) is 51.1 Å². The van der Waals surface area contributed by atoms with Crippen molar-refractivity contribution in [3.8, 4) is 0 Å². The van der Waals surface area contributed by atoms with Crippen molar-refractivity contribution in [3.63, 3.8) is 0 Å². The maximum Gasteiger partial charge on any atom is 0.0940 e. The number of hydrogen-bond acceptors (Lipinski definition) is 3. The van der Waals surface area contributed by atoms with Crippen LogP contribution in [0.3, 0.4) is 0 Å². The Labute approximate surface area is 152 Å². The predicted molar refractivity (Wildman–Crippen MR) is 102 cm³/mol. The molecule has 1 aromatic rings. The highest BCUT2D eigenvalue weighted by Gasteiger charge is 2.62. The third-order valence-corrected chi connectivity index (χ3v) is 7.85. The van der Waals surface area contributed by atoms with E-state index in [0.29, 0.717) is 11.3 Å². The van der Waals surface area contributed by atoms with Crippen molar-refractivity contribution in [2.24, 2.45) is 22.7 Å². The molecule has 0 spiro atoms. The van der Waals surface area contributed by atoms with Gasteiger partial charge in [0.15, 0.2) is 0 Å². The van der Waals surface area contributed by atoms with E-state index in [0.717, 1.165) is 24.4 Å². The van der Waals surface area contributed by atoms with Crippen LogP contribution in [0, 0.1) is 22.7 Å². The Bertz CT molecular complexity index is 573. The molecule has 0 amide bonds. The van der Waals surface area contributed by atoms with Gasteiger partial charge in [0.05, 0.1) is 12.2 Å². The van der Waals surface area contributed by atoms with Crippen LogP contribution >= 0.6 is 0 Å². The first-order valence-electron chi connectivity index (χ1n) is 9.92. The topological polar surface area (TPSA) is 52.5 Å². The van der Waals surface area contributed by atoms with Crippen LogP contribution in [0.2, 0.25) is 0 Å². The van der Waals surface area contributed by atoms with E-state index in [4.69, 9.17) is 0 Å². The molecule has 0 aliphatic heterocycles. The van der Waals surface area contributed by atoms with E-state index in [1.54, 1.807) is 0 Å². The lowest BCUT2D eigenvalue weighted by atomic mass is 9.65. The number of rotatable bonds is 7. The first kappa shape index (κ1) is 18.9. The molecule has 1 aromatic carbocycles. The maximum atomic E-state index is 10.8. The first-order valence-corrected chi connectivity index (χ1v) is 9.92. The summed E-state index contributed by atoms with van der Waals surface area (Å²) in [4.78, 5) is 0. The zero-order valence-corrected chi connectivity index (χ0v) is 16.2. The lowest BCUT2D eigenvalue weighted by Gasteiger charge is -2.41. The molecule has 25 heavy (non-hydrogen) atoms. The molecular formula is C22H35NO2. The summed E-state index contributed by atoms with van der Waals surface area (Å²) in [7, 11) is 0. The van der Waals surface area contributed by atoms with E-state index in [1.807, 2.05) is 37.3 Å². The molecule has 2 aliphatic rings. The Morgan fingerprint density at radius 1 is 1.16 bits per heavy atom. The lowest BCUT2D eigenvalue weighted by molar-refractivity contribution is 0.000383. The molecule has 3 N–H and O–H groups in total. The van der Waals surface area contributed by atoms with Gasteiger partial charge < -0.3 is 15.5 Å². The van der Waals surface area contributed by atoms with Crippen molar-refractivity contribution in [1.82, 2.24) is 5.32 Å². The molecule has 3 heteroatoms. The molecule has 0 saturated heterocycles. The molecule has 0 aromatic heterocycles. The molecule has 0 radical (unpaired) electrons. The third kappa shape index (κ3) is 3.27. The standard InChI is InChI=1S/C22H35NO2/c1-15(20(25)16-8-6-5-7-9-16)23-13-11-19(24)18-14-17-10-12-22(18,4)21(17,2)3/h5-9,15,17-20,23-25H,10-14H2,1-4H3. The Hall–Kier alpha value is -0.900. The molecule has 140 valence electrons. The second-order valence-corrected chi connectivity index (χ2v) is 9.17. The van der Waals surface area contributed by atoms with Gasteiger partial charge in [-0.3, -0.25) is 0 Å². The first-order chi connectivity index (χ1) is 11.8. The minimum atomic E-state index is -0.516. The summed E-state index contributed by atoms with van der Waals surface area (Å²) in [5.74, 6) is 1.18. The van der Waals surface area contributed by atoms with Gasteiger partial charge in [-0.25, -0.2) is 0 Å². The second-order valence-electron chi connectivity index (χ2n) is 9.17. The summed E-state index contributed by atoms with van der Waals surface area (Å²) in [6.07, 6.45) is 3.75. The fraction of sp³-hybridized carbons (Fsp3) is 0.727. The van der Waals surface area contributed by atoms with E-state index in [2.05, 4.69) is 26.1 Å². The van der Waals surface area contributed by atoms with Crippen LogP contribution in [0.4, 0.5) is 0 Å². The minimum Gasteiger partial charge on any atom is -0.393 e. The molecular weight excluding hydrogens is 310 g/mol. The lowest BCUT2D eigenvalue weighted by Crippen LogP contribution is -2.40. The minimum absolute atomic E-state index is 0.0262. The molecule has 2 fully saturated rings.